The first kappa shape index (κ1) is 23.4. The van der Waals surface area contributed by atoms with Gasteiger partial charge in [-0.25, -0.2) is 0 Å². The number of hydrogen-bond donors (Lipinski definition) is 3. The molecule has 2 rings (SSSR count). The van der Waals surface area contributed by atoms with Crippen molar-refractivity contribution in [2.24, 2.45) is 4.99 Å². The lowest BCUT2D eigenvalue weighted by molar-refractivity contribution is 0.339. The van der Waals surface area contributed by atoms with Crippen LogP contribution >= 0.6 is 39.9 Å². The molecule has 0 heterocycles. The van der Waals surface area contributed by atoms with E-state index >= 15 is 0 Å². The molecule has 2 aromatic rings. The van der Waals surface area contributed by atoms with Crippen molar-refractivity contribution >= 4 is 45.9 Å². The number of nitrogens with zero attached hydrogens (tertiary/aromatic N) is 1. The number of nitrogens with one attached hydrogen (secondary N) is 2. The van der Waals surface area contributed by atoms with Gasteiger partial charge in [-0.05, 0) is 36.2 Å². The largest absolute Gasteiger partial charge is 0.502 e. The average molecular weight is 550 g/mol. The number of ether oxygens (including phenoxy) is 2. The summed E-state index contributed by atoms with van der Waals surface area (Å²) >= 11 is 3.57. The molecule has 0 fully saturated rings. The summed E-state index contributed by atoms with van der Waals surface area (Å²) < 4.78 is 11.4. The number of rotatable bonds is 6. The average Bonchev–Trinajstić information content (AvgIpc) is 2.65. The molecule has 0 bridgehead atoms. The van der Waals surface area contributed by atoms with E-state index < -0.39 is 0 Å². The van der Waals surface area contributed by atoms with E-state index in [-0.39, 0.29) is 35.8 Å². The molecular formula is C19H25BrIN3O3. The molecule has 0 aliphatic heterocycles. The van der Waals surface area contributed by atoms with Gasteiger partial charge in [0.2, 0.25) is 5.75 Å². The van der Waals surface area contributed by atoms with E-state index in [2.05, 4.69) is 44.5 Å². The number of methoxy groups -OCH3 is 2. The summed E-state index contributed by atoms with van der Waals surface area (Å²) in [6, 6.07) is 11.6. The molecule has 0 saturated heterocycles. The molecule has 0 saturated carbocycles. The van der Waals surface area contributed by atoms with Crippen LogP contribution < -0.4 is 20.1 Å². The topological polar surface area (TPSA) is 75.1 Å². The maximum absolute atomic E-state index is 10.00. The van der Waals surface area contributed by atoms with Crippen LogP contribution in [0.1, 0.15) is 24.1 Å². The van der Waals surface area contributed by atoms with Crippen LogP contribution in [0.2, 0.25) is 0 Å². The Hall–Kier alpha value is -1.68. The van der Waals surface area contributed by atoms with Crippen molar-refractivity contribution in [3.05, 3.63) is 52.0 Å². The van der Waals surface area contributed by atoms with Gasteiger partial charge in [-0.3, -0.25) is 4.99 Å². The lowest BCUT2D eigenvalue weighted by Crippen LogP contribution is -2.38. The molecule has 0 aliphatic rings. The van der Waals surface area contributed by atoms with E-state index in [4.69, 9.17) is 9.47 Å². The van der Waals surface area contributed by atoms with Crippen molar-refractivity contribution in [1.82, 2.24) is 10.6 Å². The molecule has 0 spiro atoms. The molecule has 0 aliphatic carbocycles. The van der Waals surface area contributed by atoms with Crippen LogP contribution in [-0.4, -0.2) is 32.3 Å². The van der Waals surface area contributed by atoms with Crippen LogP contribution in [-0.2, 0) is 6.54 Å². The summed E-state index contributed by atoms with van der Waals surface area (Å²) in [6.07, 6.45) is 0. The van der Waals surface area contributed by atoms with E-state index in [9.17, 15) is 5.11 Å². The highest BCUT2D eigenvalue weighted by Crippen LogP contribution is 2.37. The summed E-state index contributed by atoms with van der Waals surface area (Å²) in [6.45, 7) is 2.56. The van der Waals surface area contributed by atoms with Gasteiger partial charge in [0, 0.05) is 18.1 Å². The smallest absolute Gasteiger partial charge is 0.200 e. The minimum Gasteiger partial charge on any atom is -0.502 e. The van der Waals surface area contributed by atoms with Crippen LogP contribution in [0.3, 0.4) is 0 Å². The first-order valence-corrected chi connectivity index (χ1v) is 8.95. The zero-order chi connectivity index (χ0) is 19.1. The third-order valence-electron chi connectivity index (χ3n) is 3.95. The van der Waals surface area contributed by atoms with Crippen LogP contribution in [0.4, 0.5) is 0 Å². The Balaban J connectivity index is 0.00000364. The van der Waals surface area contributed by atoms with Crippen molar-refractivity contribution in [3.8, 4) is 17.2 Å². The van der Waals surface area contributed by atoms with Crippen LogP contribution in [0.5, 0.6) is 17.2 Å². The van der Waals surface area contributed by atoms with Gasteiger partial charge >= 0.3 is 0 Å². The van der Waals surface area contributed by atoms with Crippen molar-refractivity contribution in [1.29, 1.82) is 0 Å². The van der Waals surface area contributed by atoms with Gasteiger partial charge in [-0.2, -0.15) is 0 Å². The zero-order valence-electron chi connectivity index (χ0n) is 15.7. The molecular weight excluding hydrogens is 525 g/mol. The summed E-state index contributed by atoms with van der Waals surface area (Å²) in [5.41, 5.74) is 2.04. The normalized spacial score (nSPS) is 12.0. The maximum Gasteiger partial charge on any atom is 0.200 e. The highest BCUT2D eigenvalue weighted by molar-refractivity contribution is 14.0. The standard InChI is InChI=1S/C19H24BrN3O3.HI/c1-12(14-7-5-6-8-15(14)20)23-19(21-2)22-11-13-9-16(25-3)18(24)17(10-13)26-4;/h5-10,12,24H,11H2,1-4H3,(H2,21,22,23);1H. The highest BCUT2D eigenvalue weighted by atomic mass is 127. The van der Waals surface area contributed by atoms with E-state index in [0.29, 0.717) is 24.0 Å². The molecule has 0 amide bonds. The minimum atomic E-state index is -0.0104. The van der Waals surface area contributed by atoms with E-state index in [1.54, 1.807) is 19.2 Å². The highest BCUT2D eigenvalue weighted by Gasteiger charge is 2.13. The van der Waals surface area contributed by atoms with Crippen molar-refractivity contribution in [2.75, 3.05) is 21.3 Å². The van der Waals surface area contributed by atoms with E-state index in [1.165, 1.54) is 14.2 Å². The van der Waals surface area contributed by atoms with Crippen molar-refractivity contribution < 1.29 is 14.6 Å². The zero-order valence-corrected chi connectivity index (χ0v) is 19.7. The Morgan fingerprint density at radius 1 is 1.19 bits per heavy atom. The van der Waals surface area contributed by atoms with Gasteiger partial charge in [0.05, 0.1) is 20.3 Å². The molecule has 3 N–H and O–H groups in total. The molecule has 6 nitrogen and oxygen atoms in total. The predicted octanol–water partition coefficient (Wildman–Crippen LogP) is 4.22. The lowest BCUT2D eigenvalue weighted by Gasteiger charge is -2.19. The number of aromatic hydroxyl groups is 1. The number of phenolic OH excluding ortho intramolecular Hbond substituents is 1. The maximum atomic E-state index is 10.00. The summed E-state index contributed by atoms with van der Waals surface area (Å²) in [5, 5.41) is 16.6. The number of phenols is 1. The first-order chi connectivity index (χ1) is 12.5. The predicted molar refractivity (Wildman–Crippen MR) is 123 cm³/mol. The Morgan fingerprint density at radius 2 is 1.78 bits per heavy atom. The number of guanidine groups is 1. The summed E-state index contributed by atoms with van der Waals surface area (Å²) in [4.78, 5) is 4.27. The number of hydrogen-bond acceptors (Lipinski definition) is 4. The van der Waals surface area contributed by atoms with Gasteiger partial charge in [0.25, 0.3) is 0 Å². The fourth-order valence-electron chi connectivity index (χ4n) is 2.54. The van der Waals surface area contributed by atoms with Gasteiger partial charge in [-0.15, -0.1) is 24.0 Å². The monoisotopic (exact) mass is 549 g/mol. The van der Waals surface area contributed by atoms with Crippen LogP contribution in [0.25, 0.3) is 0 Å². The Labute approximate surface area is 185 Å². The summed E-state index contributed by atoms with van der Waals surface area (Å²) in [7, 11) is 4.73. The summed E-state index contributed by atoms with van der Waals surface area (Å²) in [5.74, 6) is 1.39. The number of aliphatic imine (C=N–C) groups is 1. The fourth-order valence-corrected chi connectivity index (χ4v) is 3.17. The van der Waals surface area contributed by atoms with Gasteiger partial charge in [0.1, 0.15) is 0 Å². The van der Waals surface area contributed by atoms with Gasteiger partial charge in [0.15, 0.2) is 17.5 Å². The van der Waals surface area contributed by atoms with E-state index in [0.717, 1.165) is 15.6 Å². The molecule has 27 heavy (non-hydrogen) atoms. The SMILES string of the molecule is CN=C(NCc1cc(OC)c(O)c(OC)c1)NC(C)c1ccccc1Br.I. The van der Waals surface area contributed by atoms with Crippen LogP contribution in [0.15, 0.2) is 45.9 Å². The first-order valence-electron chi connectivity index (χ1n) is 8.15. The second-order valence-corrected chi connectivity index (χ2v) is 6.52. The molecule has 1 atom stereocenters. The molecule has 2 aromatic carbocycles. The number of benzene rings is 2. The van der Waals surface area contributed by atoms with Crippen LogP contribution in [0, 0.1) is 0 Å². The molecule has 8 heteroatoms. The van der Waals surface area contributed by atoms with Crippen molar-refractivity contribution in [3.63, 3.8) is 0 Å². The second kappa shape index (κ2) is 11.2. The number of halogens is 2. The van der Waals surface area contributed by atoms with Gasteiger partial charge < -0.3 is 25.2 Å². The molecule has 0 aromatic heterocycles. The molecule has 1 unspecified atom stereocenters. The molecule has 148 valence electrons. The lowest BCUT2D eigenvalue weighted by atomic mass is 10.1. The third-order valence-corrected chi connectivity index (χ3v) is 4.67. The minimum absolute atomic E-state index is 0. The molecule has 0 radical (unpaired) electrons. The Morgan fingerprint density at radius 3 is 2.30 bits per heavy atom. The quantitative estimate of drug-likeness (QED) is 0.286. The van der Waals surface area contributed by atoms with Crippen molar-refractivity contribution in [2.45, 2.75) is 19.5 Å². The van der Waals surface area contributed by atoms with E-state index in [1.807, 2.05) is 18.2 Å². The Bertz CT molecular complexity index is 762. The third kappa shape index (κ3) is 6.17. The second-order valence-electron chi connectivity index (χ2n) is 5.66. The Kier molecular flexibility index (Phi) is 9.71. The fraction of sp³-hybridized carbons (Fsp3) is 0.316. The van der Waals surface area contributed by atoms with Gasteiger partial charge in [-0.1, -0.05) is 34.1 Å².